The number of carboxylic acid groups (broad SMARTS) is 1. The van der Waals surface area contributed by atoms with E-state index < -0.39 is 29.1 Å². The van der Waals surface area contributed by atoms with Gasteiger partial charge in [0, 0.05) is 24.5 Å². The Morgan fingerprint density at radius 3 is 2.54 bits per heavy atom. The zero-order valence-corrected chi connectivity index (χ0v) is 12.3. The van der Waals surface area contributed by atoms with Gasteiger partial charge in [0.1, 0.15) is 0 Å². The molecule has 1 aromatic carbocycles. The minimum Gasteiger partial charge on any atom is -0.502 e. The molecular formula is C17H13F2NO4. The second-order valence-electron chi connectivity index (χ2n) is 4.88. The number of aromatic nitrogens is 1. The van der Waals surface area contributed by atoms with Gasteiger partial charge in [-0.05, 0) is 42.0 Å². The molecule has 5 nitrogen and oxygen atoms in total. The highest BCUT2D eigenvalue weighted by molar-refractivity contribution is 6.05. The van der Waals surface area contributed by atoms with Crippen molar-refractivity contribution in [1.29, 1.82) is 0 Å². The number of ketones is 1. The summed E-state index contributed by atoms with van der Waals surface area (Å²) in [4.78, 5) is 21.9. The van der Waals surface area contributed by atoms with Crippen LogP contribution in [0.15, 0.2) is 54.4 Å². The lowest BCUT2D eigenvalue weighted by atomic mass is 10.2. The fraction of sp³-hybridized carbons (Fsp3) is 0.0588. The Morgan fingerprint density at radius 1 is 1.12 bits per heavy atom. The molecule has 0 aliphatic heterocycles. The van der Waals surface area contributed by atoms with E-state index in [1.165, 1.54) is 12.1 Å². The van der Waals surface area contributed by atoms with Crippen molar-refractivity contribution in [2.75, 3.05) is 0 Å². The molecule has 0 spiro atoms. The topological polar surface area (TPSA) is 79.5 Å². The molecule has 2 N–H and O–H groups in total. The molecule has 0 bridgehead atoms. The maximum absolute atomic E-state index is 13.2. The van der Waals surface area contributed by atoms with Crippen LogP contribution >= 0.6 is 0 Å². The highest BCUT2D eigenvalue weighted by Crippen LogP contribution is 2.13. The minimum atomic E-state index is -1.60. The van der Waals surface area contributed by atoms with Crippen molar-refractivity contribution >= 4 is 17.8 Å². The van der Waals surface area contributed by atoms with Gasteiger partial charge >= 0.3 is 5.97 Å². The monoisotopic (exact) mass is 333 g/mol. The number of aliphatic hydroxyl groups excluding tert-OH is 1. The van der Waals surface area contributed by atoms with Gasteiger partial charge in [-0.1, -0.05) is 6.07 Å². The molecule has 1 heterocycles. The Balaban J connectivity index is 2.14. The molecule has 124 valence electrons. The molecule has 0 radical (unpaired) electrons. The van der Waals surface area contributed by atoms with Crippen LogP contribution < -0.4 is 0 Å². The zero-order chi connectivity index (χ0) is 17.7. The van der Waals surface area contributed by atoms with Gasteiger partial charge in [0.25, 0.3) is 0 Å². The summed E-state index contributed by atoms with van der Waals surface area (Å²) in [5, 5.41) is 17.5. The van der Waals surface area contributed by atoms with Crippen LogP contribution in [0.25, 0.3) is 6.08 Å². The molecule has 0 fully saturated rings. The van der Waals surface area contributed by atoms with Crippen molar-refractivity contribution in [3.63, 3.8) is 0 Å². The lowest BCUT2D eigenvalue weighted by molar-refractivity contribution is -0.135. The first kappa shape index (κ1) is 17.1. The SMILES string of the molecule is O=C(/C=C(\O)C(=O)O)/C=C/c1cccn1Cc1ccc(F)c(F)c1. The lowest BCUT2D eigenvalue weighted by Gasteiger charge is -2.07. The van der Waals surface area contributed by atoms with Gasteiger partial charge in [-0.25, -0.2) is 13.6 Å². The van der Waals surface area contributed by atoms with Crippen LogP contribution in [0.5, 0.6) is 0 Å². The normalized spacial score (nSPS) is 11.8. The summed E-state index contributed by atoms with van der Waals surface area (Å²) in [7, 11) is 0. The quantitative estimate of drug-likeness (QED) is 0.629. The third-order valence-corrected chi connectivity index (χ3v) is 3.12. The molecule has 0 atom stereocenters. The molecule has 0 saturated carbocycles. The van der Waals surface area contributed by atoms with Gasteiger partial charge in [0.15, 0.2) is 17.4 Å². The van der Waals surface area contributed by atoms with Crippen molar-refractivity contribution in [3.05, 3.63) is 77.3 Å². The number of carbonyl (C=O) groups excluding carboxylic acids is 1. The van der Waals surface area contributed by atoms with Crippen LogP contribution in [0.2, 0.25) is 0 Å². The van der Waals surface area contributed by atoms with Gasteiger partial charge < -0.3 is 14.8 Å². The largest absolute Gasteiger partial charge is 0.502 e. The van der Waals surface area contributed by atoms with Crippen molar-refractivity contribution in [1.82, 2.24) is 4.57 Å². The van der Waals surface area contributed by atoms with Crippen LogP contribution in [0.3, 0.4) is 0 Å². The number of rotatable bonds is 6. The summed E-state index contributed by atoms with van der Waals surface area (Å²) in [6.45, 7) is 0.258. The molecule has 0 unspecified atom stereocenters. The number of hydrogen-bond acceptors (Lipinski definition) is 3. The standard InChI is InChI=1S/C17H13F2NO4/c18-14-6-3-11(8-15(14)19)10-20-7-1-2-12(20)4-5-13(21)9-16(22)17(23)24/h1-9,22H,10H2,(H,23,24)/b5-4+,16-9-. The number of benzene rings is 1. The predicted molar refractivity (Wildman–Crippen MR) is 82.3 cm³/mol. The molecule has 0 amide bonds. The zero-order valence-electron chi connectivity index (χ0n) is 12.3. The summed E-state index contributed by atoms with van der Waals surface area (Å²) in [6, 6.07) is 6.96. The van der Waals surface area contributed by atoms with E-state index in [2.05, 4.69) is 0 Å². The average molecular weight is 333 g/mol. The van der Waals surface area contributed by atoms with E-state index in [1.807, 2.05) is 0 Å². The number of halogens is 2. The highest BCUT2D eigenvalue weighted by atomic mass is 19.2. The molecule has 24 heavy (non-hydrogen) atoms. The Labute approximate surface area is 135 Å². The van der Waals surface area contributed by atoms with Crippen molar-refractivity contribution in [2.24, 2.45) is 0 Å². The average Bonchev–Trinajstić information content (AvgIpc) is 2.96. The van der Waals surface area contributed by atoms with Crippen LogP contribution in [0.1, 0.15) is 11.3 Å². The van der Waals surface area contributed by atoms with E-state index >= 15 is 0 Å². The fourth-order valence-electron chi connectivity index (χ4n) is 1.97. The Bertz CT molecular complexity index is 837. The van der Waals surface area contributed by atoms with Gasteiger partial charge in [-0.3, -0.25) is 4.79 Å². The number of carboxylic acids is 1. The summed E-state index contributed by atoms with van der Waals surface area (Å²) in [6.07, 6.45) is 4.79. The van der Waals surface area contributed by atoms with Crippen molar-refractivity contribution < 1.29 is 28.6 Å². The Hall–Kier alpha value is -3.22. The highest BCUT2D eigenvalue weighted by Gasteiger charge is 2.07. The van der Waals surface area contributed by atoms with E-state index in [9.17, 15) is 18.4 Å². The second kappa shape index (κ2) is 7.36. The number of nitrogens with zero attached hydrogens (tertiary/aromatic N) is 1. The van der Waals surface area contributed by atoms with E-state index in [1.54, 1.807) is 22.9 Å². The maximum Gasteiger partial charge on any atom is 0.371 e. The second-order valence-corrected chi connectivity index (χ2v) is 4.88. The molecule has 0 aliphatic rings. The Kier molecular flexibility index (Phi) is 5.26. The van der Waals surface area contributed by atoms with Gasteiger partial charge in [0.05, 0.1) is 0 Å². The molecular weight excluding hydrogens is 320 g/mol. The first-order valence-electron chi connectivity index (χ1n) is 6.82. The molecule has 7 heteroatoms. The first-order valence-corrected chi connectivity index (χ1v) is 6.82. The molecule has 1 aromatic heterocycles. The number of aliphatic hydroxyl groups is 1. The van der Waals surface area contributed by atoms with E-state index in [-0.39, 0.29) is 6.54 Å². The summed E-state index contributed by atoms with van der Waals surface area (Å²) in [5.41, 5.74) is 1.13. The van der Waals surface area contributed by atoms with Crippen LogP contribution in [0.4, 0.5) is 8.78 Å². The Morgan fingerprint density at radius 2 is 1.88 bits per heavy atom. The number of aliphatic carboxylic acids is 1. The molecule has 2 aromatic rings. The van der Waals surface area contributed by atoms with Crippen LogP contribution in [-0.2, 0) is 16.1 Å². The van der Waals surface area contributed by atoms with E-state index in [0.29, 0.717) is 17.3 Å². The first-order chi connectivity index (χ1) is 11.4. The van der Waals surface area contributed by atoms with Crippen molar-refractivity contribution in [3.8, 4) is 0 Å². The van der Waals surface area contributed by atoms with Gasteiger partial charge in [-0.2, -0.15) is 0 Å². The van der Waals surface area contributed by atoms with Crippen molar-refractivity contribution in [2.45, 2.75) is 6.54 Å². The predicted octanol–water partition coefficient (Wildman–Crippen LogP) is 2.92. The maximum atomic E-state index is 13.2. The molecule has 0 aliphatic carbocycles. The third kappa shape index (κ3) is 4.39. The summed E-state index contributed by atoms with van der Waals surface area (Å²) in [5.74, 6) is -5.22. The third-order valence-electron chi connectivity index (χ3n) is 3.12. The number of hydrogen-bond donors (Lipinski definition) is 2. The smallest absolute Gasteiger partial charge is 0.371 e. The molecule has 0 saturated heterocycles. The summed E-state index contributed by atoms with van der Waals surface area (Å²) >= 11 is 0. The van der Waals surface area contributed by atoms with E-state index in [0.717, 1.165) is 18.2 Å². The van der Waals surface area contributed by atoms with Crippen LogP contribution in [0, 0.1) is 11.6 Å². The number of allylic oxidation sites excluding steroid dienone is 2. The minimum absolute atomic E-state index is 0.258. The molecule has 2 rings (SSSR count). The van der Waals surface area contributed by atoms with Gasteiger partial charge in [-0.15, -0.1) is 0 Å². The van der Waals surface area contributed by atoms with E-state index in [4.69, 9.17) is 10.2 Å². The summed E-state index contributed by atoms with van der Waals surface area (Å²) < 4.78 is 27.8. The van der Waals surface area contributed by atoms with Crippen LogP contribution in [-0.4, -0.2) is 26.5 Å². The fourth-order valence-corrected chi connectivity index (χ4v) is 1.97. The lowest BCUT2D eigenvalue weighted by Crippen LogP contribution is -2.03. The van der Waals surface area contributed by atoms with Gasteiger partial charge in [0.2, 0.25) is 5.76 Å². The number of carbonyl (C=O) groups is 2.